The first kappa shape index (κ1) is 35.0. The number of aromatic nitrogens is 2. The summed E-state index contributed by atoms with van der Waals surface area (Å²) in [5.74, 6) is -1.05. The maximum absolute atomic E-state index is 13.6. The molecule has 0 unspecified atom stereocenters. The Hall–Kier alpha value is -3.85. The number of nitrogens with two attached hydrogens (primary N) is 1. The van der Waals surface area contributed by atoms with E-state index in [1.807, 2.05) is 0 Å². The number of anilines is 1. The molecule has 0 aliphatic carbocycles. The van der Waals surface area contributed by atoms with Crippen LogP contribution < -0.4 is 21.1 Å². The second-order valence-electron chi connectivity index (χ2n) is 11.5. The van der Waals surface area contributed by atoms with E-state index in [4.69, 9.17) is 38.4 Å². The van der Waals surface area contributed by atoms with Crippen LogP contribution in [0.2, 0.25) is 10.0 Å². The zero-order valence-corrected chi connectivity index (χ0v) is 27.9. The molecule has 2 heterocycles. The highest BCUT2D eigenvalue weighted by molar-refractivity contribution is 7.89. The van der Waals surface area contributed by atoms with Gasteiger partial charge in [0.25, 0.3) is 21.8 Å². The Bertz CT molecular complexity index is 1660. The van der Waals surface area contributed by atoms with Crippen molar-refractivity contribution in [1.82, 2.24) is 19.4 Å². The average Bonchev–Trinajstić information content (AvgIpc) is 3.42. The van der Waals surface area contributed by atoms with Crippen molar-refractivity contribution in [3.8, 4) is 5.75 Å². The fourth-order valence-corrected chi connectivity index (χ4v) is 6.21. The Morgan fingerprint density at radius 1 is 1.02 bits per heavy atom. The minimum absolute atomic E-state index is 0.0570. The van der Waals surface area contributed by atoms with Crippen molar-refractivity contribution in [1.29, 1.82) is 0 Å². The van der Waals surface area contributed by atoms with E-state index in [1.165, 1.54) is 36.4 Å². The molecule has 4 rings (SSSR count). The Balaban J connectivity index is 1.58. The molecule has 4 N–H and O–H groups in total. The Kier molecular flexibility index (Phi) is 11.2. The lowest BCUT2D eigenvalue weighted by molar-refractivity contribution is 0.0199. The van der Waals surface area contributed by atoms with E-state index in [2.05, 4.69) is 15.7 Å². The topological polar surface area (TPSA) is 175 Å². The van der Waals surface area contributed by atoms with E-state index in [0.29, 0.717) is 55.3 Å². The molecule has 0 bridgehead atoms. The molecule has 1 saturated heterocycles. The van der Waals surface area contributed by atoms with Gasteiger partial charge in [-0.1, -0.05) is 29.3 Å². The van der Waals surface area contributed by atoms with Crippen LogP contribution in [0.15, 0.2) is 53.6 Å². The number of amides is 3. The number of likely N-dealkylation sites (tertiary alicyclic amines) is 1. The third kappa shape index (κ3) is 8.69. The number of rotatable bonds is 10. The summed E-state index contributed by atoms with van der Waals surface area (Å²) in [6.45, 7) is 6.84. The summed E-state index contributed by atoms with van der Waals surface area (Å²) in [4.78, 5) is 40.6. The summed E-state index contributed by atoms with van der Waals surface area (Å²) in [6.07, 6.45) is 2.06. The first-order valence-electron chi connectivity index (χ1n) is 14.5. The Labute approximate surface area is 277 Å². The van der Waals surface area contributed by atoms with Gasteiger partial charge in [0, 0.05) is 19.1 Å². The third-order valence-electron chi connectivity index (χ3n) is 6.81. The number of nitrogens with zero attached hydrogens (tertiary/aromatic N) is 3. The third-order valence-corrected chi connectivity index (χ3v) is 8.99. The molecule has 1 aliphatic rings. The quantitative estimate of drug-likeness (QED) is 0.257. The summed E-state index contributed by atoms with van der Waals surface area (Å²) in [6, 6.07) is 9.81. The normalized spacial score (nSPS) is 14.1. The summed E-state index contributed by atoms with van der Waals surface area (Å²) < 4.78 is 38.7. The lowest BCUT2D eigenvalue weighted by Crippen LogP contribution is -2.48. The molecule has 1 aliphatic heterocycles. The number of carbonyl (C=O) groups is 3. The minimum Gasteiger partial charge on any atom is -0.494 e. The predicted molar refractivity (Wildman–Crippen MR) is 173 cm³/mol. The molecule has 1 aromatic heterocycles. The van der Waals surface area contributed by atoms with Gasteiger partial charge in [0.05, 0.1) is 39.0 Å². The Morgan fingerprint density at radius 3 is 2.24 bits per heavy atom. The zero-order chi connectivity index (χ0) is 33.6. The molecule has 3 amide bonds. The van der Waals surface area contributed by atoms with Crippen LogP contribution in [0.3, 0.4) is 0 Å². The highest BCUT2D eigenvalue weighted by atomic mass is 35.5. The van der Waals surface area contributed by atoms with Crippen molar-refractivity contribution < 1.29 is 32.3 Å². The van der Waals surface area contributed by atoms with E-state index in [0.717, 1.165) is 6.20 Å². The van der Waals surface area contributed by atoms with Gasteiger partial charge in [0.15, 0.2) is 5.69 Å². The molecule has 46 heavy (non-hydrogen) atoms. The highest BCUT2D eigenvalue weighted by Crippen LogP contribution is 2.27. The molecule has 1 fully saturated rings. The maximum Gasteiger partial charge on any atom is 0.410 e. The summed E-state index contributed by atoms with van der Waals surface area (Å²) in [5.41, 5.74) is 4.24. The SMILES string of the molecule is CC(C)(C)OC(=O)N1CCC(NC(=O)c2nn(S(=O)(=O)c3ccc(OCCCN)cc3)cc2NC(=O)c2c(Cl)cccc2Cl)CC1. The lowest BCUT2D eigenvalue weighted by atomic mass is 10.1. The van der Waals surface area contributed by atoms with Crippen LogP contribution in [0.25, 0.3) is 0 Å². The second-order valence-corrected chi connectivity index (χ2v) is 14.1. The lowest BCUT2D eigenvalue weighted by Gasteiger charge is -2.33. The standard InChI is InChI=1S/C30H36Cl2N6O7S/c1-30(2,3)45-29(41)37-15-12-19(13-16-37)34-28(40)26-24(35-27(39)25-22(31)6-4-7-23(25)32)18-38(36-26)46(42,43)21-10-8-20(9-11-21)44-17-5-14-33/h4,6-11,18-19H,5,12-17,33H2,1-3H3,(H,34,40)(H,35,39). The predicted octanol–water partition coefficient (Wildman–Crippen LogP) is 4.54. The van der Waals surface area contributed by atoms with Gasteiger partial charge in [-0.15, -0.1) is 0 Å². The van der Waals surface area contributed by atoms with Crippen LogP contribution >= 0.6 is 23.2 Å². The van der Waals surface area contributed by atoms with Gasteiger partial charge >= 0.3 is 6.09 Å². The molecule has 0 saturated carbocycles. The smallest absolute Gasteiger partial charge is 0.410 e. The number of halogens is 2. The number of hydrogen-bond acceptors (Lipinski definition) is 9. The van der Waals surface area contributed by atoms with Gasteiger partial charge in [0.1, 0.15) is 11.4 Å². The van der Waals surface area contributed by atoms with Gasteiger partial charge in [0.2, 0.25) is 0 Å². The van der Waals surface area contributed by atoms with Gasteiger partial charge in [-0.2, -0.15) is 17.6 Å². The van der Waals surface area contributed by atoms with Crippen LogP contribution in [0.4, 0.5) is 10.5 Å². The molecule has 3 aromatic rings. The zero-order valence-electron chi connectivity index (χ0n) is 25.6. The number of hydrogen-bond donors (Lipinski definition) is 3. The Morgan fingerprint density at radius 2 is 1.65 bits per heavy atom. The number of piperidine rings is 1. The molecule has 2 aromatic carbocycles. The van der Waals surface area contributed by atoms with Gasteiger partial charge < -0.3 is 30.7 Å². The molecular weight excluding hydrogens is 659 g/mol. The molecule has 13 nitrogen and oxygen atoms in total. The number of ether oxygens (including phenoxy) is 2. The van der Waals surface area contributed by atoms with Crippen molar-refractivity contribution in [2.24, 2.45) is 5.73 Å². The summed E-state index contributed by atoms with van der Waals surface area (Å²) >= 11 is 12.4. The fraction of sp³-hybridized carbons (Fsp3) is 0.400. The van der Waals surface area contributed by atoms with Crippen LogP contribution in [0.1, 0.15) is 60.9 Å². The second kappa shape index (κ2) is 14.7. The maximum atomic E-state index is 13.6. The van der Waals surface area contributed by atoms with Crippen LogP contribution in [0, 0.1) is 0 Å². The van der Waals surface area contributed by atoms with Gasteiger partial charge in [-0.25, -0.2) is 4.79 Å². The van der Waals surface area contributed by atoms with Crippen LogP contribution in [0.5, 0.6) is 5.75 Å². The van der Waals surface area contributed by atoms with Crippen molar-refractivity contribution in [3.63, 3.8) is 0 Å². The fourth-order valence-electron chi connectivity index (χ4n) is 4.51. The van der Waals surface area contributed by atoms with Gasteiger partial charge in [-0.05, 0) is 83.0 Å². The molecular formula is C30H36Cl2N6O7S. The molecule has 0 spiro atoms. The van der Waals surface area contributed by atoms with Crippen molar-refractivity contribution in [3.05, 3.63) is 70.0 Å². The van der Waals surface area contributed by atoms with E-state index in [1.54, 1.807) is 31.7 Å². The highest BCUT2D eigenvalue weighted by Gasteiger charge is 2.31. The molecule has 248 valence electrons. The molecule has 0 radical (unpaired) electrons. The minimum atomic E-state index is -4.31. The molecule has 0 atom stereocenters. The van der Waals surface area contributed by atoms with E-state index in [-0.39, 0.29) is 37.9 Å². The number of carbonyl (C=O) groups excluding carboxylic acids is 3. The summed E-state index contributed by atoms with van der Waals surface area (Å²) in [5, 5.41) is 9.58. The summed E-state index contributed by atoms with van der Waals surface area (Å²) in [7, 11) is -4.31. The van der Waals surface area contributed by atoms with E-state index >= 15 is 0 Å². The van der Waals surface area contributed by atoms with E-state index in [9.17, 15) is 22.8 Å². The number of nitrogens with one attached hydrogen (secondary N) is 2. The average molecular weight is 696 g/mol. The first-order chi connectivity index (χ1) is 21.7. The first-order valence-corrected chi connectivity index (χ1v) is 16.7. The van der Waals surface area contributed by atoms with Crippen molar-refractivity contribution in [2.75, 3.05) is 31.6 Å². The van der Waals surface area contributed by atoms with Crippen LogP contribution in [-0.2, 0) is 14.8 Å². The van der Waals surface area contributed by atoms with Crippen LogP contribution in [-0.4, -0.2) is 78.3 Å². The molecule has 16 heteroatoms. The number of benzene rings is 2. The largest absolute Gasteiger partial charge is 0.494 e. The van der Waals surface area contributed by atoms with Gasteiger partial charge in [-0.3, -0.25) is 9.59 Å². The van der Waals surface area contributed by atoms with Crippen molar-refractivity contribution in [2.45, 2.75) is 56.6 Å². The van der Waals surface area contributed by atoms with E-state index < -0.39 is 33.5 Å². The monoisotopic (exact) mass is 694 g/mol. The van der Waals surface area contributed by atoms with Crippen molar-refractivity contribution >= 4 is 56.8 Å².